The van der Waals surface area contributed by atoms with Gasteiger partial charge in [0.15, 0.2) is 0 Å². The van der Waals surface area contributed by atoms with Crippen molar-refractivity contribution in [1.82, 2.24) is 5.32 Å². The lowest BCUT2D eigenvalue weighted by molar-refractivity contribution is 0.176. The zero-order valence-corrected chi connectivity index (χ0v) is 12.9. The predicted octanol–water partition coefficient (Wildman–Crippen LogP) is 3.54. The van der Waals surface area contributed by atoms with E-state index >= 15 is 0 Å². The average molecular weight is 330 g/mol. The van der Waals surface area contributed by atoms with Gasteiger partial charge in [-0.15, -0.1) is 0 Å². The molecule has 0 amide bonds. The Morgan fingerprint density at radius 3 is 3.05 bits per heavy atom. The lowest BCUT2D eigenvalue weighted by Crippen LogP contribution is -2.39. The molecule has 19 heavy (non-hydrogen) atoms. The van der Waals surface area contributed by atoms with Crippen LogP contribution in [0.15, 0.2) is 22.7 Å². The summed E-state index contributed by atoms with van der Waals surface area (Å²) in [4.78, 5) is 0. The van der Waals surface area contributed by atoms with Crippen molar-refractivity contribution in [3.63, 3.8) is 0 Å². The van der Waals surface area contributed by atoms with Gasteiger partial charge in [-0.05, 0) is 49.6 Å². The summed E-state index contributed by atoms with van der Waals surface area (Å²) in [5.41, 5.74) is 0.773. The van der Waals surface area contributed by atoms with Gasteiger partial charge in [-0.1, -0.05) is 22.9 Å². The molecule has 1 aliphatic heterocycles. The van der Waals surface area contributed by atoms with E-state index < -0.39 is 0 Å². The summed E-state index contributed by atoms with van der Waals surface area (Å²) in [6, 6.07) is 5.45. The molecule has 0 saturated carbocycles. The molecule has 0 aliphatic carbocycles. The molecule has 0 aromatic heterocycles. The first-order valence-electron chi connectivity index (χ1n) is 6.95. The Labute approximate surface area is 122 Å². The summed E-state index contributed by atoms with van der Waals surface area (Å²) in [6.45, 7) is 4.73. The second kappa shape index (κ2) is 7.36. The number of hydrogen-bond donors (Lipinski definition) is 1. The van der Waals surface area contributed by atoms with E-state index in [0.717, 1.165) is 49.1 Å². The summed E-state index contributed by atoms with van der Waals surface area (Å²) in [5, 5.41) is 3.54. The SMILES string of the molecule is CCCNC(Cc1cc(Br)ccc1F)C1CCOC1. The first-order valence-corrected chi connectivity index (χ1v) is 7.75. The summed E-state index contributed by atoms with van der Waals surface area (Å²) in [6.07, 6.45) is 2.88. The van der Waals surface area contributed by atoms with E-state index in [9.17, 15) is 4.39 Å². The number of nitrogens with one attached hydrogen (secondary N) is 1. The molecule has 2 unspecified atom stereocenters. The Bertz CT molecular complexity index is 407. The summed E-state index contributed by atoms with van der Waals surface area (Å²) >= 11 is 3.41. The second-order valence-electron chi connectivity index (χ2n) is 5.12. The molecular formula is C15H21BrFNO. The molecule has 2 atom stereocenters. The maximum Gasteiger partial charge on any atom is 0.126 e. The largest absolute Gasteiger partial charge is 0.381 e. The van der Waals surface area contributed by atoms with Crippen LogP contribution >= 0.6 is 15.9 Å². The highest BCUT2D eigenvalue weighted by Crippen LogP contribution is 2.23. The summed E-state index contributed by atoms with van der Waals surface area (Å²) < 4.78 is 20.3. The molecule has 1 fully saturated rings. The van der Waals surface area contributed by atoms with Crippen molar-refractivity contribution < 1.29 is 9.13 Å². The van der Waals surface area contributed by atoms with Crippen molar-refractivity contribution in [2.24, 2.45) is 5.92 Å². The van der Waals surface area contributed by atoms with Gasteiger partial charge in [0.05, 0.1) is 6.61 Å². The highest BCUT2D eigenvalue weighted by Gasteiger charge is 2.26. The summed E-state index contributed by atoms with van der Waals surface area (Å²) in [5.74, 6) is 0.371. The van der Waals surface area contributed by atoms with Gasteiger partial charge in [0.25, 0.3) is 0 Å². The van der Waals surface area contributed by atoms with Crippen LogP contribution < -0.4 is 5.32 Å². The van der Waals surface area contributed by atoms with Crippen molar-refractivity contribution >= 4 is 15.9 Å². The fraction of sp³-hybridized carbons (Fsp3) is 0.600. The number of rotatable bonds is 6. The first-order chi connectivity index (χ1) is 9.20. The Balaban J connectivity index is 2.07. The van der Waals surface area contributed by atoms with Crippen LogP contribution in [0, 0.1) is 11.7 Å². The molecule has 2 nitrogen and oxygen atoms in total. The van der Waals surface area contributed by atoms with Crippen LogP contribution in [0.25, 0.3) is 0 Å². The maximum absolute atomic E-state index is 13.9. The molecule has 1 aliphatic rings. The van der Waals surface area contributed by atoms with Crippen molar-refractivity contribution in [2.75, 3.05) is 19.8 Å². The highest BCUT2D eigenvalue weighted by molar-refractivity contribution is 9.10. The zero-order valence-electron chi connectivity index (χ0n) is 11.3. The molecule has 0 spiro atoms. The minimum atomic E-state index is -0.120. The number of benzene rings is 1. The van der Waals surface area contributed by atoms with Crippen LogP contribution in [-0.2, 0) is 11.2 Å². The summed E-state index contributed by atoms with van der Waals surface area (Å²) in [7, 11) is 0. The van der Waals surface area contributed by atoms with Crippen molar-refractivity contribution in [1.29, 1.82) is 0 Å². The molecule has 1 aromatic carbocycles. The first kappa shape index (κ1) is 14.9. The van der Waals surface area contributed by atoms with E-state index in [-0.39, 0.29) is 5.82 Å². The van der Waals surface area contributed by atoms with Crippen molar-refractivity contribution in [2.45, 2.75) is 32.2 Å². The molecule has 1 saturated heterocycles. The highest BCUT2D eigenvalue weighted by atomic mass is 79.9. The Morgan fingerprint density at radius 2 is 2.37 bits per heavy atom. The number of halogens is 2. The standard InChI is InChI=1S/C15H21BrFNO/c1-2-6-18-15(11-5-7-19-10-11)9-12-8-13(16)3-4-14(12)17/h3-4,8,11,15,18H,2,5-7,9-10H2,1H3. The lowest BCUT2D eigenvalue weighted by atomic mass is 9.92. The minimum Gasteiger partial charge on any atom is -0.381 e. The number of ether oxygens (including phenoxy) is 1. The van der Waals surface area contributed by atoms with Crippen LogP contribution in [0.1, 0.15) is 25.3 Å². The van der Waals surface area contributed by atoms with Gasteiger partial charge in [0.2, 0.25) is 0 Å². The Morgan fingerprint density at radius 1 is 1.53 bits per heavy atom. The van der Waals surface area contributed by atoms with Gasteiger partial charge in [-0.2, -0.15) is 0 Å². The molecule has 106 valence electrons. The van der Waals surface area contributed by atoms with Crippen molar-refractivity contribution in [3.8, 4) is 0 Å². The fourth-order valence-electron chi connectivity index (χ4n) is 2.54. The third-order valence-electron chi connectivity index (χ3n) is 3.64. The van der Waals surface area contributed by atoms with E-state index in [2.05, 4.69) is 28.2 Å². The quantitative estimate of drug-likeness (QED) is 0.861. The molecular weight excluding hydrogens is 309 g/mol. The smallest absolute Gasteiger partial charge is 0.126 e. The van der Waals surface area contributed by atoms with Crippen LogP contribution in [0.4, 0.5) is 4.39 Å². The third-order valence-corrected chi connectivity index (χ3v) is 4.13. The molecule has 1 heterocycles. The molecule has 4 heteroatoms. The van der Waals surface area contributed by atoms with Crippen LogP contribution in [0.3, 0.4) is 0 Å². The molecule has 1 aromatic rings. The maximum atomic E-state index is 13.9. The fourth-order valence-corrected chi connectivity index (χ4v) is 2.95. The number of hydrogen-bond acceptors (Lipinski definition) is 2. The van der Waals surface area contributed by atoms with E-state index in [0.29, 0.717) is 12.0 Å². The van der Waals surface area contributed by atoms with Gasteiger partial charge in [-0.25, -0.2) is 4.39 Å². The van der Waals surface area contributed by atoms with E-state index in [1.54, 1.807) is 6.07 Å². The van der Waals surface area contributed by atoms with E-state index in [1.165, 1.54) is 6.07 Å². The normalized spacial score (nSPS) is 20.7. The van der Waals surface area contributed by atoms with Gasteiger partial charge in [-0.3, -0.25) is 0 Å². The molecule has 0 radical (unpaired) electrons. The second-order valence-corrected chi connectivity index (χ2v) is 6.04. The molecule has 1 N–H and O–H groups in total. The Kier molecular flexibility index (Phi) is 5.79. The predicted molar refractivity (Wildman–Crippen MR) is 78.8 cm³/mol. The minimum absolute atomic E-state index is 0.120. The van der Waals surface area contributed by atoms with Gasteiger partial charge in [0.1, 0.15) is 5.82 Å². The van der Waals surface area contributed by atoms with Gasteiger partial charge in [0, 0.05) is 23.0 Å². The monoisotopic (exact) mass is 329 g/mol. The molecule has 0 bridgehead atoms. The van der Waals surface area contributed by atoms with E-state index in [1.807, 2.05) is 6.07 Å². The van der Waals surface area contributed by atoms with Crippen LogP contribution in [0.5, 0.6) is 0 Å². The average Bonchev–Trinajstić information content (AvgIpc) is 2.92. The van der Waals surface area contributed by atoms with Gasteiger partial charge < -0.3 is 10.1 Å². The molecule has 2 rings (SSSR count). The topological polar surface area (TPSA) is 21.3 Å². The van der Waals surface area contributed by atoms with Crippen LogP contribution in [-0.4, -0.2) is 25.8 Å². The Hall–Kier alpha value is -0.450. The third kappa shape index (κ3) is 4.26. The van der Waals surface area contributed by atoms with E-state index in [4.69, 9.17) is 4.74 Å². The van der Waals surface area contributed by atoms with Gasteiger partial charge >= 0.3 is 0 Å². The van der Waals surface area contributed by atoms with Crippen molar-refractivity contribution in [3.05, 3.63) is 34.1 Å². The van der Waals surface area contributed by atoms with Crippen LogP contribution in [0.2, 0.25) is 0 Å². The zero-order chi connectivity index (χ0) is 13.7. The lowest BCUT2D eigenvalue weighted by Gasteiger charge is -2.24.